The van der Waals surface area contributed by atoms with E-state index in [0.717, 1.165) is 5.56 Å². The zero-order valence-electron chi connectivity index (χ0n) is 13.0. The predicted molar refractivity (Wildman–Crippen MR) is 87.6 cm³/mol. The number of amides is 1. The maximum Gasteiger partial charge on any atom is 0.223 e. The maximum absolute atomic E-state index is 12.1. The Bertz CT molecular complexity index is 733. The van der Waals surface area contributed by atoms with E-state index in [1.165, 1.54) is 0 Å². The molecule has 4 heteroatoms. The molecule has 0 bridgehead atoms. The molecule has 0 radical (unpaired) electrons. The molecular formula is C19H18N2O2. The van der Waals surface area contributed by atoms with Crippen molar-refractivity contribution in [2.45, 2.75) is 19.4 Å². The van der Waals surface area contributed by atoms with Gasteiger partial charge in [-0.1, -0.05) is 42.5 Å². The Morgan fingerprint density at radius 3 is 2.48 bits per heavy atom. The van der Waals surface area contributed by atoms with Gasteiger partial charge in [0.1, 0.15) is 0 Å². The molecule has 23 heavy (non-hydrogen) atoms. The van der Waals surface area contributed by atoms with Crippen molar-refractivity contribution in [2.24, 2.45) is 0 Å². The summed E-state index contributed by atoms with van der Waals surface area (Å²) < 4.78 is 0. The standard InChI is InChI=1S/C19H18N2O2/c1-21(14-16-7-5-6-15(12-16)13-20)19(23)11-10-18(22)17-8-3-2-4-9-17/h2-9,12H,10-11,14H2,1H3. The number of nitrogens with zero attached hydrogens (tertiary/aromatic N) is 2. The summed E-state index contributed by atoms with van der Waals surface area (Å²) in [5.74, 6) is -0.115. The quantitative estimate of drug-likeness (QED) is 0.770. The van der Waals surface area contributed by atoms with Crippen LogP contribution in [0.4, 0.5) is 0 Å². The molecule has 0 fully saturated rings. The third-order valence-electron chi connectivity index (χ3n) is 3.56. The maximum atomic E-state index is 12.1. The molecule has 4 nitrogen and oxygen atoms in total. The number of nitriles is 1. The summed E-state index contributed by atoms with van der Waals surface area (Å²) in [5, 5.41) is 8.89. The van der Waals surface area contributed by atoms with E-state index in [0.29, 0.717) is 17.7 Å². The predicted octanol–water partition coefficient (Wildman–Crippen LogP) is 3.18. The van der Waals surface area contributed by atoms with E-state index < -0.39 is 0 Å². The van der Waals surface area contributed by atoms with E-state index in [-0.39, 0.29) is 24.5 Å². The van der Waals surface area contributed by atoms with Gasteiger partial charge in [0, 0.05) is 32.0 Å². The van der Waals surface area contributed by atoms with E-state index in [9.17, 15) is 9.59 Å². The smallest absolute Gasteiger partial charge is 0.223 e. The van der Waals surface area contributed by atoms with Gasteiger partial charge in [-0.3, -0.25) is 9.59 Å². The topological polar surface area (TPSA) is 61.2 Å². The highest BCUT2D eigenvalue weighted by atomic mass is 16.2. The van der Waals surface area contributed by atoms with Crippen LogP contribution in [0.1, 0.15) is 34.3 Å². The van der Waals surface area contributed by atoms with E-state index in [1.54, 1.807) is 42.3 Å². The van der Waals surface area contributed by atoms with E-state index in [2.05, 4.69) is 6.07 Å². The van der Waals surface area contributed by atoms with Crippen molar-refractivity contribution in [3.8, 4) is 6.07 Å². The van der Waals surface area contributed by atoms with Crippen LogP contribution >= 0.6 is 0 Å². The molecule has 0 saturated carbocycles. The molecule has 0 atom stereocenters. The molecular weight excluding hydrogens is 288 g/mol. The number of Topliss-reactive ketones (excluding diaryl/α,β-unsaturated/α-hetero) is 1. The van der Waals surface area contributed by atoms with Crippen molar-refractivity contribution < 1.29 is 9.59 Å². The number of carbonyl (C=O) groups is 2. The lowest BCUT2D eigenvalue weighted by atomic mass is 10.1. The van der Waals surface area contributed by atoms with Crippen LogP contribution in [0.3, 0.4) is 0 Å². The fourth-order valence-electron chi connectivity index (χ4n) is 2.28. The summed E-state index contributed by atoms with van der Waals surface area (Å²) in [7, 11) is 1.70. The van der Waals surface area contributed by atoms with Crippen LogP contribution in [-0.4, -0.2) is 23.6 Å². The monoisotopic (exact) mass is 306 g/mol. The fraction of sp³-hybridized carbons (Fsp3) is 0.211. The first kappa shape index (κ1) is 16.4. The molecule has 0 spiro atoms. The summed E-state index contributed by atoms with van der Waals surface area (Å²) in [5.41, 5.74) is 2.10. The van der Waals surface area contributed by atoms with Gasteiger partial charge in [-0.25, -0.2) is 0 Å². The second-order valence-corrected chi connectivity index (χ2v) is 5.35. The van der Waals surface area contributed by atoms with Crippen LogP contribution in [0, 0.1) is 11.3 Å². The molecule has 0 aliphatic carbocycles. The summed E-state index contributed by atoms with van der Waals surface area (Å²) in [6, 6.07) is 18.2. The number of hydrogen-bond donors (Lipinski definition) is 0. The number of ketones is 1. The molecule has 116 valence electrons. The summed E-state index contributed by atoms with van der Waals surface area (Å²) in [6.45, 7) is 0.424. The van der Waals surface area contributed by atoms with Crippen LogP contribution in [0.15, 0.2) is 54.6 Å². The highest BCUT2D eigenvalue weighted by Crippen LogP contribution is 2.10. The minimum absolute atomic E-state index is 0.0289. The zero-order chi connectivity index (χ0) is 16.7. The minimum atomic E-state index is -0.0864. The van der Waals surface area contributed by atoms with Gasteiger partial charge in [0.25, 0.3) is 0 Å². The van der Waals surface area contributed by atoms with Gasteiger partial charge in [-0.15, -0.1) is 0 Å². The summed E-state index contributed by atoms with van der Waals surface area (Å²) >= 11 is 0. The highest BCUT2D eigenvalue weighted by Gasteiger charge is 2.13. The van der Waals surface area contributed by atoms with Crippen molar-refractivity contribution in [3.05, 3.63) is 71.3 Å². The van der Waals surface area contributed by atoms with E-state index >= 15 is 0 Å². The highest BCUT2D eigenvalue weighted by molar-refractivity contribution is 5.97. The summed E-state index contributed by atoms with van der Waals surface area (Å²) in [4.78, 5) is 25.7. The molecule has 0 heterocycles. The first-order valence-corrected chi connectivity index (χ1v) is 7.41. The second kappa shape index (κ2) is 7.90. The Kier molecular flexibility index (Phi) is 5.65. The van der Waals surface area contributed by atoms with E-state index in [1.807, 2.05) is 24.3 Å². The molecule has 0 aromatic heterocycles. The molecule has 0 N–H and O–H groups in total. The van der Waals surface area contributed by atoms with Gasteiger partial charge in [0.15, 0.2) is 5.78 Å². The molecule has 1 amide bonds. The Morgan fingerprint density at radius 2 is 1.78 bits per heavy atom. The van der Waals surface area contributed by atoms with Gasteiger partial charge in [-0.2, -0.15) is 5.26 Å². The first-order chi connectivity index (χ1) is 11.1. The van der Waals surface area contributed by atoms with Crippen LogP contribution in [0.25, 0.3) is 0 Å². The van der Waals surface area contributed by atoms with Crippen molar-refractivity contribution in [1.82, 2.24) is 4.90 Å². The van der Waals surface area contributed by atoms with E-state index in [4.69, 9.17) is 5.26 Å². The third-order valence-corrected chi connectivity index (χ3v) is 3.56. The van der Waals surface area contributed by atoms with Crippen LogP contribution in [-0.2, 0) is 11.3 Å². The minimum Gasteiger partial charge on any atom is -0.341 e. The molecule has 0 aliphatic heterocycles. The molecule has 2 aromatic carbocycles. The average molecular weight is 306 g/mol. The largest absolute Gasteiger partial charge is 0.341 e. The number of benzene rings is 2. The lowest BCUT2D eigenvalue weighted by Crippen LogP contribution is -2.26. The molecule has 2 aromatic rings. The van der Waals surface area contributed by atoms with Gasteiger partial charge in [-0.05, 0) is 17.7 Å². The first-order valence-electron chi connectivity index (χ1n) is 7.41. The number of rotatable bonds is 6. The lowest BCUT2D eigenvalue weighted by Gasteiger charge is -2.17. The van der Waals surface area contributed by atoms with Crippen LogP contribution in [0.5, 0.6) is 0 Å². The fourth-order valence-corrected chi connectivity index (χ4v) is 2.28. The average Bonchev–Trinajstić information content (AvgIpc) is 2.60. The van der Waals surface area contributed by atoms with Gasteiger partial charge >= 0.3 is 0 Å². The van der Waals surface area contributed by atoms with Gasteiger partial charge in [0.2, 0.25) is 5.91 Å². The second-order valence-electron chi connectivity index (χ2n) is 5.35. The number of hydrogen-bond acceptors (Lipinski definition) is 3. The van der Waals surface area contributed by atoms with Crippen molar-refractivity contribution in [1.29, 1.82) is 5.26 Å². The zero-order valence-corrected chi connectivity index (χ0v) is 13.0. The van der Waals surface area contributed by atoms with Crippen molar-refractivity contribution in [2.75, 3.05) is 7.05 Å². The van der Waals surface area contributed by atoms with Gasteiger partial charge in [0.05, 0.1) is 11.6 Å². The normalized spacial score (nSPS) is 9.91. The molecule has 0 saturated heterocycles. The summed E-state index contributed by atoms with van der Waals surface area (Å²) in [6.07, 6.45) is 0.383. The van der Waals surface area contributed by atoms with Crippen LogP contribution in [0.2, 0.25) is 0 Å². The molecule has 2 rings (SSSR count). The van der Waals surface area contributed by atoms with Crippen LogP contribution < -0.4 is 0 Å². The SMILES string of the molecule is CN(Cc1cccc(C#N)c1)C(=O)CCC(=O)c1ccccc1. The molecule has 0 aliphatic rings. The Hall–Kier alpha value is -2.93. The lowest BCUT2D eigenvalue weighted by molar-refractivity contribution is -0.130. The van der Waals surface area contributed by atoms with Crippen molar-refractivity contribution in [3.63, 3.8) is 0 Å². The Balaban J connectivity index is 1.88. The Labute approximate surface area is 136 Å². The number of carbonyl (C=O) groups excluding carboxylic acids is 2. The van der Waals surface area contributed by atoms with Crippen molar-refractivity contribution >= 4 is 11.7 Å². The third kappa shape index (κ3) is 4.79. The Morgan fingerprint density at radius 1 is 1.04 bits per heavy atom. The molecule has 0 unspecified atom stereocenters. The van der Waals surface area contributed by atoms with Gasteiger partial charge < -0.3 is 4.90 Å².